The Morgan fingerprint density at radius 3 is 2.82 bits per heavy atom. The average molecular weight is 322 g/mol. The number of hydrogen-bond acceptors (Lipinski definition) is 2. The van der Waals surface area contributed by atoms with Crippen molar-refractivity contribution in [3.63, 3.8) is 0 Å². The molecular formula is C16H17ClFN3O. The molecule has 0 unspecified atom stereocenters. The number of carbonyl (C=O) groups excluding carboxylic acids is 1. The van der Waals surface area contributed by atoms with E-state index in [0.717, 1.165) is 11.8 Å². The standard InChI is InChI=1S/C16H17ClFN3O/c1-9-7-15(20-21(9)10(2)11-3-4-11)16(22)19-14-6-5-12(18)8-13(14)17/h5-8,10-11H,3-4H2,1-2H3,(H,19,22)/t10-/m0/s1. The summed E-state index contributed by atoms with van der Waals surface area (Å²) < 4.78 is 14.9. The maximum atomic E-state index is 13.0. The van der Waals surface area contributed by atoms with E-state index in [-0.39, 0.29) is 10.9 Å². The van der Waals surface area contributed by atoms with Crippen LogP contribution < -0.4 is 5.32 Å². The van der Waals surface area contributed by atoms with Gasteiger partial charge in [-0.25, -0.2) is 4.39 Å². The molecule has 4 nitrogen and oxygen atoms in total. The van der Waals surface area contributed by atoms with Gasteiger partial charge in [0.1, 0.15) is 5.82 Å². The highest BCUT2D eigenvalue weighted by molar-refractivity contribution is 6.33. The van der Waals surface area contributed by atoms with Gasteiger partial charge in [-0.3, -0.25) is 9.48 Å². The van der Waals surface area contributed by atoms with Gasteiger partial charge in [0.2, 0.25) is 0 Å². The number of benzene rings is 1. The van der Waals surface area contributed by atoms with Crippen molar-refractivity contribution in [3.05, 3.63) is 46.5 Å². The zero-order valence-corrected chi connectivity index (χ0v) is 13.2. The van der Waals surface area contributed by atoms with Crippen LogP contribution in [0.25, 0.3) is 0 Å². The van der Waals surface area contributed by atoms with Crippen LogP contribution >= 0.6 is 11.6 Å². The summed E-state index contributed by atoms with van der Waals surface area (Å²) in [4.78, 5) is 12.3. The Balaban J connectivity index is 1.78. The Hall–Kier alpha value is -1.88. The second-order valence-corrected chi connectivity index (χ2v) is 6.18. The Labute approximate surface area is 133 Å². The smallest absolute Gasteiger partial charge is 0.276 e. The first kappa shape index (κ1) is 15.0. The van der Waals surface area contributed by atoms with Gasteiger partial charge < -0.3 is 5.32 Å². The van der Waals surface area contributed by atoms with Crippen LogP contribution in [0.5, 0.6) is 0 Å². The predicted molar refractivity (Wildman–Crippen MR) is 83.8 cm³/mol. The molecule has 0 spiro atoms. The summed E-state index contributed by atoms with van der Waals surface area (Å²) in [5, 5.41) is 7.23. The summed E-state index contributed by atoms with van der Waals surface area (Å²) in [5.74, 6) is -0.138. The van der Waals surface area contributed by atoms with E-state index in [0.29, 0.717) is 23.3 Å². The van der Waals surface area contributed by atoms with Crippen molar-refractivity contribution in [1.29, 1.82) is 0 Å². The van der Waals surface area contributed by atoms with Gasteiger partial charge in [-0.05, 0) is 56.9 Å². The second-order valence-electron chi connectivity index (χ2n) is 5.77. The van der Waals surface area contributed by atoms with Crippen LogP contribution in [-0.4, -0.2) is 15.7 Å². The molecule has 1 N–H and O–H groups in total. The molecule has 0 bridgehead atoms. The molecule has 3 rings (SSSR count). The van der Waals surface area contributed by atoms with E-state index in [1.807, 2.05) is 11.6 Å². The number of aromatic nitrogens is 2. The van der Waals surface area contributed by atoms with Crippen molar-refractivity contribution >= 4 is 23.2 Å². The van der Waals surface area contributed by atoms with Crippen LogP contribution in [0.1, 0.15) is 42.0 Å². The van der Waals surface area contributed by atoms with Gasteiger partial charge in [-0.1, -0.05) is 11.6 Å². The highest BCUT2D eigenvalue weighted by Gasteiger charge is 2.31. The van der Waals surface area contributed by atoms with Crippen molar-refractivity contribution in [2.45, 2.75) is 32.7 Å². The molecule has 0 radical (unpaired) electrons. The molecule has 2 aromatic rings. The zero-order chi connectivity index (χ0) is 15.9. The molecule has 1 aromatic heterocycles. The summed E-state index contributed by atoms with van der Waals surface area (Å²) >= 11 is 5.92. The summed E-state index contributed by atoms with van der Waals surface area (Å²) in [6.45, 7) is 4.06. The minimum Gasteiger partial charge on any atom is -0.319 e. The zero-order valence-electron chi connectivity index (χ0n) is 12.4. The van der Waals surface area contributed by atoms with E-state index in [1.54, 1.807) is 6.07 Å². The second kappa shape index (κ2) is 5.72. The molecule has 1 aliphatic carbocycles. The number of nitrogens with zero attached hydrogens (tertiary/aromatic N) is 2. The van der Waals surface area contributed by atoms with Crippen molar-refractivity contribution in [2.24, 2.45) is 5.92 Å². The molecule has 1 saturated carbocycles. The van der Waals surface area contributed by atoms with Gasteiger partial charge in [0.05, 0.1) is 16.8 Å². The fourth-order valence-corrected chi connectivity index (χ4v) is 2.78. The van der Waals surface area contributed by atoms with Gasteiger partial charge in [0.25, 0.3) is 5.91 Å². The molecule has 6 heteroatoms. The third kappa shape index (κ3) is 2.99. The number of amides is 1. The third-order valence-corrected chi connectivity index (χ3v) is 4.34. The van der Waals surface area contributed by atoms with E-state index in [1.165, 1.54) is 25.0 Å². The molecule has 0 saturated heterocycles. The Morgan fingerprint density at radius 2 is 2.18 bits per heavy atom. The first-order valence-electron chi connectivity index (χ1n) is 7.28. The van der Waals surface area contributed by atoms with E-state index >= 15 is 0 Å². The van der Waals surface area contributed by atoms with Gasteiger partial charge >= 0.3 is 0 Å². The highest BCUT2D eigenvalue weighted by Crippen LogP contribution is 2.39. The summed E-state index contributed by atoms with van der Waals surface area (Å²) in [6, 6.07) is 5.91. The van der Waals surface area contributed by atoms with E-state index in [4.69, 9.17) is 11.6 Å². The molecule has 1 fully saturated rings. The van der Waals surface area contributed by atoms with Gasteiger partial charge in [-0.2, -0.15) is 5.10 Å². The maximum Gasteiger partial charge on any atom is 0.276 e. The normalized spacial score (nSPS) is 15.6. The average Bonchev–Trinajstić information content (AvgIpc) is 3.24. The molecule has 116 valence electrons. The molecule has 0 aliphatic heterocycles. The van der Waals surface area contributed by atoms with Crippen LogP contribution in [0.2, 0.25) is 5.02 Å². The summed E-state index contributed by atoms with van der Waals surface area (Å²) in [5.41, 5.74) is 1.66. The number of carbonyl (C=O) groups is 1. The fraction of sp³-hybridized carbons (Fsp3) is 0.375. The van der Waals surface area contributed by atoms with Crippen molar-refractivity contribution in [1.82, 2.24) is 9.78 Å². The van der Waals surface area contributed by atoms with Crippen molar-refractivity contribution in [2.75, 3.05) is 5.32 Å². The first-order chi connectivity index (χ1) is 10.5. The van der Waals surface area contributed by atoms with Crippen LogP contribution in [0.15, 0.2) is 24.3 Å². The minimum atomic E-state index is -0.443. The fourth-order valence-electron chi connectivity index (χ4n) is 2.57. The molecule has 1 amide bonds. The van der Waals surface area contributed by atoms with Gasteiger partial charge in [-0.15, -0.1) is 0 Å². The highest BCUT2D eigenvalue weighted by atomic mass is 35.5. The Bertz CT molecular complexity index is 724. The molecule has 1 aliphatic rings. The Kier molecular flexibility index (Phi) is 3.91. The number of nitrogens with one attached hydrogen (secondary N) is 1. The van der Waals surface area contributed by atoms with E-state index in [2.05, 4.69) is 17.3 Å². The van der Waals surface area contributed by atoms with Crippen LogP contribution in [0.4, 0.5) is 10.1 Å². The number of halogens is 2. The molecule has 1 heterocycles. The Morgan fingerprint density at radius 1 is 1.45 bits per heavy atom. The lowest BCUT2D eigenvalue weighted by molar-refractivity contribution is 0.102. The third-order valence-electron chi connectivity index (χ3n) is 4.02. The van der Waals surface area contributed by atoms with Crippen LogP contribution in [0, 0.1) is 18.7 Å². The lowest BCUT2D eigenvalue weighted by Crippen LogP contribution is -2.15. The first-order valence-corrected chi connectivity index (χ1v) is 7.66. The molecule has 22 heavy (non-hydrogen) atoms. The van der Waals surface area contributed by atoms with E-state index < -0.39 is 5.82 Å². The largest absolute Gasteiger partial charge is 0.319 e. The van der Waals surface area contributed by atoms with Crippen LogP contribution in [-0.2, 0) is 0 Å². The number of anilines is 1. The summed E-state index contributed by atoms with van der Waals surface area (Å²) in [7, 11) is 0. The molecule has 1 aromatic carbocycles. The van der Waals surface area contributed by atoms with Gasteiger partial charge in [0, 0.05) is 5.69 Å². The van der Waals surface area contributed by atoms with Gasteiger partial charge in [0.15, 0.2) is 5.69 Å². The van der Waals surface area contributed by atoms with Crippen LogP contribution in [0.3, 0.4) is 0 Å². The predicted octanol–water partition coefficient (Wildman–Crippen LogP) is 4.21. The van der Waals surface area contributed by atoms with Crippen molar-refractivity contribution < 1.29 is 9.18 Å². The SMILES string of the molecule is Cc1cc(C(=O)Nc2ccc(F)cc2Cl)nn1[C@@H](C)C1CC1. The quantitative estimate of drug-likeness (QED) is 0.917. The van der Waals surface area contributed by atoms with E-state index in [9.17, 15) is 9.18 Å². The number of aryl methyl sites for hydroxylation is 1. The lowest BCUT2D eigenvalue weighted by Gasteiger charge is -2.12. The minimum absolute atomic E-state index is 0.163. The topological polar surface area (TPSA) is 46.9 Å². The lowest BCUT2D eigenvalue weighted by atomic mass is 10.2. The molecule has 1 atom stereocenters. The number of hydrogen-bond donors (Lipinski definition) is 1. The monoisotopic (exact) mass is 321 g/mol. The number of rotatable bonds is 4. The maximum absolute atomic E-state index is 13.0. The summed E-state index contributed by atoms with van der Waals surface area (Å²) in [6.07, 6.45) is 2.43. The van der Waals surface area contributed by atoms with Crippen molar-refractivity contribution in [3.8, 4) is 0 Å². The molecular weight excluding hydrogens is 305 g/mol.